The summed E-state index contributed by atoms with van der Waals surface area (Å²) in [7, 11) is -2.00. The number of methoxy groups -OCH3 is 1. The molecule has 0 aromatic heterocycles. The lowest BCUT2D eigenvalue weighted by molar-refractivity contribution is -0.0913. The molecule has 1 unspecified atom stereocenters. The predicted octanol–water partition coefficient (Wildman–Crippen LogP) is 1.61. The maximum Gasteiger partial charge on any atom is 0.243 e. The zero-order valence-corrected chi connectivity index (χ0v) is 13.4. The molecule has 2 fully saturated rings. The molecule has 0 saturated carbocycles. The van der Waals surface area contributed by atoms with Crippen LogP contribution in [0.4, 0.5) is 0 Å². The average Bonchev–Trinajstić information content (AvgIpc) is 3.09. The van der Waals surface area contributed by atoms with E-state index in [0.717, 1.165) is 19.3 Å². The lowest BCUT2D eigenvalue weighted by atomic mass is 10.0. The molecule has 7 heteroatoms. The zero-order chi connectivity index (χ0) is 15.6. The summed E-state index contributed by atoms with van der Waals surface area (Å²) < 4.78 is 43.6. The van der Waals surface area contributed by atoms with Gasteiger partial charge in [-0.25, -0.2) is 8.42 Å². The van der Waals surface area contributed by atoms with E-state index in [1.807, 2.05) is 0 Å². The molecule has 0 N–H and O–H groups in total. The van der Waals surface area contributed by atoms with Crippen LogP contribution in [0, 0.1) is 0 Å². The van der Waals surface area contributed by atoms with Gasteiger partial charge in [0.2, 0.25) is 10.0 Å². The average molecular weight is 327 g/mol. The summed E-state index contributed by atoms with van der Waals surface area (Å²) in [5.74, 6) is 0.636. The van der Waals surface area contributed by atoms with Crippen LogP contribution in [-0.2, 0) is 19.5 Å². The molecule has 1 atom stereocenters. The van der Waals surface area contributed by atoms with Crippen LogP contribution >= 0.6 is 0 Å². The first-order chi connectivity index (χ1) is 10.6. The van der Waals surface area contributed by atoms with Crippen molar-refractivity contribution < 1.29 is 22.6 Å². The van der Waals surface area contributed by atoms with Crippen molar-refractivity contribution in [2.24, 2.45) is 0 Å². The van der Waals surface area contributed by atoms with Gasteiger partial charge in [-0.05, 0) is 37.1 Å². The van der Waals surface area contributed by atoms with E-state index < -0.39 is 16.3 Å². The minimum Gasteiger partial charge on any atom is -0.497 e. The van der Waals surface area contributed by atoms with Crippen molar-refractivity contribution in [2.45, 2.75) is 36.5 Å². The fourth-order valence-electron chi connectivity index (χ4n) is 2.98. The summed E-state index contributed by atoms with van der Waals surface area (Å²) in [5.41, 5.74) is 0. The number of ether oxygens (including phenoxy) is 3. The fraction of sp³-hybridized carbons (Fsp3) is 0.600. The van der Waals surface area contributed by atoms with Crippen molar-refractivity contribution in [3.8, 4) is 5.75 Å². The van der Waals surface area contributed by atoms with Gasteiger partial charge < -0.3 is 14.2 Å². The Labute approximate surface area is 131 Å². The predicted molar refractivity (Wildman–Crippen MR) is 80.2 cm³/mol. The van der Waals surface area contributed by atoms with E-state index in [0.29, 0.717) is 25.5 Å². The Morgan fingerprint density at radius 3 is 2.45 bits per heavy atom. The van der Waals surface area contributed by atoms with Crippen molar-refractivity contribution in [1.82, 2.24) is 4.31 Å². The largest absolute Gasteiger partial charge is 0.497 e. The Morgan fingerprint density at radius 2 is 1.82 bits per heavy atom. The monoisotopic (exact) mass is 327 g/mol. The number of benzene rings is 1. The van der Waals surface area contributed by atoms with Crippen LogP contribution in [0.2, 0.25) is 0 Å². The van der Waals surface area contributed by atoms with Crippen LogP contribution in [0.1, 0.15) is 19.3 Å². The second-order valence-electron chi connectivity index (χ2n) is 5.46. The molecule has 0 aliphatic carbocycles. The topological polar surface area (TPSA) is 65.1 Å². The lowest BCUT2D eigenvalue weighted by Gasteiger charge is -2.36. The van der Waals surface area contributed by atoms with Crippen LogP contribution in [0.25, 0.3) is 0 Å². The minimum atomic E-state index is -3.56. The van der Waals surface area contributed by atoms with E-state index in [-0.39, 0.29) is 10.9 Å². The van der Waals surface area contributed by atoms with Crippen molar-refractivity contribution in [3.05, 3.63) is 24.3 Å². The molecule has 3 rings (SSSR count). The Balaban J connectivity index is 1.87. The summed E-state index contributed by atoms with van der Waals surface area (Å²) in [6.45, 7) is 1.55. The summed E-state index contributed by atoms with van der Waals surface area (Å²) >= 11 is 0. The van der Waals surface area contributed by atoms with Gasteiger partial charge in [0, 0.05) is 6.54 Å². The van der Waals surface area contributed by atoms with E-state index in [1.165, 1.54) is 4.31 Å². The van der Waals surface area contributed by atoms with Crippen LogP contribution in [0.5, 0.6) is 5.75 Å². The summed E-state index contributed by atoms with van der Waals surface area (Å²) in [6.07, 6.45) is 2.16. The maximum absolute atomic E-state index is 12.9. The lowest BCUT2D eigenvalue weighted by Crippen LogP contribution is -2.50. The number of rotatable bonds is 4. The highest BCUT2D eigenvalue weighted by Crippen LogP contribution is 2.30. The molecule has 6 nitrogen and oxygen atoms in total. The van der Waals surface area contributed by atoms with Crippen LogP contribution < -0.4 is 4.74 Å². The van der Waals surface area contributed by atoms with Crippen LogP contribution in [0.3, 0.4) is 0 Å². The second-order valence-corrected chi connectivity index (χ2v) is 7.35. The van der Waals surface area contributed by atoms with Gasteiger partial charge in [-0.3, -0.25) is 0 Å². The number of nitrogens with zero attached hydrogens (tertiary/aromatic N) is 1. The summed E-state index contributed by atoms with van der Waals surface area (Å²) in [5, 5.41) is 0. The smallest absolute Gasteiger partial charge is 0.243 e. The molecular weight excluding hydrogens is 306 g/mol. The molecule has 2 aliphatic rings. The molecular formula is C15H21NO5S. The highest BCUT2D eigenvalue weighted by atomic mass is 32.2. The Hall–Kier alpha value is -1.15. The fourth-order valence-corrected chi connectivity index (χ4v) is 4.66. The molecule has 122 valence electrons. The second kappa shape index (κ2) is 6.54. The van der Waals surface area contributed by atoms with Crippen LogP contribution in [-0.4, -0.2) is 51.9 Å². The van der Waals surface area contributed by atoms with E-state index in [1.54, 1.807) is 31.4 Å². The zero-order valence-electron chi connectivity index (χ0n) is 12.6. The number of piperidine rings is 1. The normalized spacial score (nSPS) is 24.5. The minimum absolute atomic E-state index is 0.247. The highest BCUT2D eigenvalue weighted by Gasteiger charge is 2.40. The molecule has 22 heavy (non-hydrogen) atoms. The Bertz CT molecular complexity index is 595. The van der Waals surface area contributed by atoms with E-state index >= 15 is 0 Å². The molecule has 0 amide bonds. The number of sulfonamides is 1. The summed E-state index contributed by atoms with van der Waals surface area (Å²) in [4.78, 5) is 0.276. The molecule has 1 aromatic carbocycles. The first kappa shape index (κ1) is 15.7. The first-order valence-electron chi connectivity index (χ1n) is 7.52. The summed E-state index contributed by atoms with van der Waals surface area (Å²) in [6, 6.07) is 6.23. The molecule has 0 spiro atoms. The molecule has 0 radical (unpaired) electrons. The van der Waals surface area contributed by atoms with Crippen molar-refractivity contribution in [2.75, 3.05) is 26.9 Å². The number of hydrogen-bond acceptors (Lipinski definition) is 5. The Kier molecular flexibility index (Phi) is 4.67. The number of hydrogen-bond donors (Lipinski definition) is 0. The van der Waals surface area contributed by atoms with Gasteiger partial charge >= 0.3 is 0 Å². The van der Waals surface area contributed by atoms with Gasteiger partial charge in [0.05, 0.1) is 31.3 Å². The van der Waals surface area contributed by atoms with E-state index in [9.17, 15) is 8.42 Å². The quantitative estimate of drug-likeness (QED) is 0.841. The van der Waals surface area contributed by atoms with Gasteiger partial charge in [0.15, 0.2) is 6.29 Å². The van der Waals surface area contributed by atoms with Crippen LogP contribution in [0.15, 0.2) is 29.2 Å². The van der Waals surface area contributed by atoms with Gasteiger partial charge in [-0.15, -0.1) is 0 Å². The standard InChI is InChI=1S/C15H21NO5S/c1-19-12-5-7-13(8-6-12)22(17,18)16-9-3-2-4-14(16)15-20-10-11-21-15/h5-8,14-15H,2-4,9-11H2,1H3. The van der Waals surface area contributed by atoms with Gasteiger partial charge in [0.1, 0.15) is 5.75 Å². The van der Waals surface area contributed by atoms with Crippen molar-refractivity contribution in [1.29, 1.82) is 0 Å². The molecule has 2 saturated heterocycles. The molecule has 0 bridgehead atoms. The third-order valence-corrected chi connectivity index (χ3v) is 6.06. The van der Waals surface area contributed by atoms with Gasteiger partial charge in [-0.2, -0.15) is 4.31 Å². The third kappa shape index (κ3) is 2.99. The maximum atomic E-state index is 12.9. The molecule has 2 aliphatic heterocycles. The van der Waals surface area contributed by atoms with Crippen molar-refractivity contribution >= 4 is 10.0 Å². The first-order valence-corrected chi connectivity index (χ1v) is 8.96. The molecule has 2 heterocycles. The van der Waals surface area contributed by atoms with E-state index in [4.69, 9.17) is 14.2 Å². The van der Waals surface area contributed by atoms with Gasteiger partial charge in [-0.1, -0.05) is 6.42 Å². The van der Waals surface area contributed by atoms with Crippen molar-refractivity contribution in [3.63, 3.8) is 0 Å². The van der Waals surface area contributed by atoms with E-state index in [2.05, 4.69) is 0 Å². The molecule has 1 aromatic rings. The Morgan fingerprint density at radius 1 is 1.14 bits per heavy atom. The SMILES string of the molecule is COc1ccc(S(=O)(=O)N2CCCCC2C2OCCO2)cc1. The van der Waals surface area contributed by atoms with Gasteiger partial charge in [0.25, 0.3) is 0 Å². The third-order valence-electron chi connectivity index (χ3n) is 4.13. The highest BCUT2D eigenvalue weighted by molar-refractivity contribution is 7.89.